The second-order valence-electron chi connectivity index (χ2n) is 10.4. The van der Waals surface area contributed by atoms with E-state index in [-0.39, 0.29) is 29.7 Å². The maximum absolute atomic E-state index is 13.2. The number of amides is 1. The van der Waals surface area contributed by atoms with E-state index in [1.807, 2.05) is 61.5 Å². The zero-order chi connectivity index (χ0) is 29.6. The fourth-order valence-electron chi connectivity index (χ4n) is 4.00. The van der Waals surface area contributed by atoms with Crippen molar-refractivity contribution in [2.45, 2.75) is 46.4 Å². The van der Waals surface area contributed by atoms with E-state index < -0.39 is 17.7 Å². The molecule has 0 aliphatic carbocycles. The lowest BCUT2D eigenvalue weighted by atomic mass is 10.0. The molecule has 212 valence electrons. The molecule has 9 heteroatoms. The third kappa shape index (κ3) is 7.83. The molecule has 1 amide bonds. The molecule has 0 spiro atoms. The van der Waals surface area contributed by atoms with Gasteiger partial charge in [0.15, 0.2) is 0 Å². The average molecular weight is 574 g/mol. The van der Waals surface area contributed by atoms with Crippen molar-refractivity contribution in [2.75, 3.05) is 12.0 Å². The minimum absolute atomic E-state index is 0.142. The van der Waals surface area contributed by atoms with Crippen molar-refractivity contribution in [1.29, 1.82) is 0 Å². The molecular weight excluding hydrogens is 542 g/mol. The highest BCUT2D eigenvalue weighted by Crippen LogP contribution is 2.35. The molecule has 0 aliphatic heterocycles. The van der Waals surface area contributed by atoms with Crippen LogP contribution in [0.1, 0.15) is 47.8 Å². The molecule has 4 aromatic rings. The number of hydrogen-bond donors (Lipinski definition) is 0. The summed E-state index contributed by atoms with van der Waals surface area (Å²) in [5.74, 6) is -0.118. The van der Waals surface area contributed by atoms with Crippen LogP contribution in [-0.2, 0) is 22.6 Å². The predicted molar refractivity (Wildman–Crippen MR) is 158 cm³/mol. The van der Waals surface area contributed by atoms with Gasteiger partial charge in [-0.25, -0.2) is 24.5 Å². The molecule has 0 saturated heterocycles. The van der Waals surface area contributed by atoms with Crippen LogP contribution < -0.4 is 9.64 Å². The molecule has 41 heavy (non-hydrogen) atoms. The van der Waals surface area contributed by atoms with Crippen LogP contribution in [0, 0.1) is 6.92 Å². The highest BCUT2D eigenvalue weighted by molar-refractivity contribution is 6.35. The number of rotatable bonds is 8. The van der Waals surface area contributed by atoms with E-state index in [9.17, 15) is 9.59 Å². The predicted octanol–water partition coefficient (Wildman–Crippen LogP) is 7.41. The number of nitrogens with zero attached hydrogens (tertiary/aromatic N) is 3. The molecule has 1 heterocycles. The van der Waals surface area contributed by atoms with Crippen LogP contribution in [-0.4, -0.2) is 34.7 Å². The van der Waals surface area contributed by atoms with Gasteiger partial charge in [-0.05, 0) is 56.5 Å². The highest BCUT2D eigenvalue weighted by atomic mass is 35.5. The zero-order valence-corrected chi connectivity index (χ0v) is 24.4. The number of benzene rings is 3. The molecule has 3 aromatic carbocycles. The molecule has 1 aromatic heterocycles. The summed E-state index contributed by atoms with van der Waals surface area (Å²) in [6.07, 6.45) is 2.57. The summed E-state index contributed by atoms with van der Waals surface area (Å²) in [5.41, 5.74) is 3.53. The summed E-state index contributed by atoms with van der Waals surface area (Å²) in [5, 5.41) is 0.142. The van der Waals surface area contributed by atoms with E-state index in [1.165, 1.54) is 12.0 Å². The lowest BCUT2D eigenvalue weighted by molar-refractivity contribution is 0.0571. The summed E-state index contributed by atoms with van der Waals surface area (Å²) in [6.45, 7) is 7.87. The fraction of sp³-hybridized carbons (Fsp3) is 0.250. The fourth-order valence-corrected chi connectivity index (χ4v) is 4.24. The Morgan fingerprint density at radius 3 is 2.22 bits per heavy atom. The Bertz CT molecular complexity index is 1520. The molecule has 0 bridgehead atoms. The van der Waals surface area contributed by atoms with E-state index in [0.717, 1.165) is 16.7 Å². The molecule has 8 nitrogen and oxygen atoms in total. The molecule has 0 aliphatic rings. The number of anilines is 1. The second-order valence-corrected chi connectivity index (χ2v) is 10.8. The van der Waals surface area contributed by atoms with Crippen LogP contribution in [0.3, 0.4) is 0 Å². The molecule has 0 radical (unpaired) electrons. The van der Waals surface area contributed by atoms with Gasteiger partial charge in [0.25, 0.3) is 0 Å². The SMILES string of the molecule is COC(=O)c1cc(-c2cnc(N(Cc3cccc(C)c3)C(=O)OC(C)(C)C)nc2)cc(OCc2ccccc2)c1Cl. The van der Waals surface area contributed by atoms with Crippen molar-refractivity contribution in [3.8, 4) is 16.9 Å². The normalized spacial score (nSPS) is 11.1. The summed E-state index contributed by atoms with van der Waals surface area (Å²) in [7, 11) is 1.28. The van der Waals surface area contributed by atoms with Crippen molar-refractivity contribution >= 4 is 29.6 Å². The third-order valence-electron chi connectivity index (χ3n) is 5.93. The lowest BCUT2D eigenvalue weighted by Gasteiger charge is -2.26. The number of ether oxygens (including phenoxy) is 3. The summed E-state index contributed by atoms with van der Waals surface area (Å²) >= 11 is 6.54. The molecule has 0 saturated carbocycles. The van der Waals surface area contributed by atoms with E-state index in [0.29, 0.717) is 16.9 Å². The third-order valence-corrected chi connectivity index (χ3v) is 6.32. The number of aryl methyl sites for hydroxylation is 1. The average Bonchev–Trinajstić information content (AvgIpc) is 2.95. The van der Waals surface area contributed by atoms with Crippen LogP contribution >= 0.6 is 11.6 Å². The Morgan fingerprint density at radius 2 is 1.59 bits per heavy atom. The van der Waals surface area contributed by atoms with Gasteiger partial charge in [0, 0.05) is 18.0 Å². The van der Waals surface area contributed by atoms with Crippen LogP contribution in [0.4, 0.5) is 10.7 Å². The zero-order valence-electron chi connectivity index (χ0n) is 23.7. The minimum Gasteiger partial charge on any atom is -0.487 e. The quantitative estimate of drug-likeness (QED) is 0.203. The van der Waals surface area contributed by atoms with E-state index >= 15 is 0 Å². The van der Waals surface area contributed by atoms with Crippen LogP contribution in [0.25, 0.3) is 11.1 Å². The molecule has 0 atom stereocenters. The number of hydrogen-bond acceptors (Lipinski definition) is 7. The number of aromatic nitrogens is 2. The number of carbonyl (C=O) groups is 2. The molecule has 0 fully saturated rings. The van der Waals surface area contributed by atoms with Gasteiger partial charge in [0.05, 0.1) is 24.2 Å². The summed E-state index contributed by atoms with van der Waals surface area (Å²) < 4.78 is 16.6. The highest BCUT2D eigenvalue weighted by Gasteiger charge is 2.26. The van der Waals surface area contributed by atoms with Crippen LogP contribution in [0.5, 0.6) is 5.75 Å². The van der Waals surface area contributed by atoms with E-state index in [4.69, 9.17) is 25.8 Å². The van der Waals surface area contributed by atoms with Gasteiger partial charge in [0.1, 0.15) is 18.0 Å². The smallest absolute Gasteiger partial charge is 0.417 e. The summed E-state index contributed by atoms with van der Waals surface area (Å²) in [6, 6.07) is 20.7. The standard InChI is InChI=1S/C32H32ClN3O5/c1-21-10-9-13-23(14-21)19-36(31(38)41-32(2,3)4)30-34-17-25(18-35-30)24-15-26(29(37)39-5)28(33)27(16-24)40-20-22-11-7-6-8-12-22/h6-18H,19-20H2,1-5H3. The maximum Gasteiger partial charge on any atom is 0.417 e. The Morgan fingerprint density at radius 1 is 0.902 bits per heavy atom. The van der Waals surface area contributed by atoms with Gasteiger partial charge >= 0.3 is 12.1 Å². The Kier molecular flexibility index (Phi) is 9.24. The Balaban J connectivity index is 1.67. The summed E-state index contributed by atoms with van der Waals surface area (Å²) in [4.78, 5) is 36.1. The van der Waals surface area contributed by atoms with Crippen molar-refractivity contribution in [2.24, 2.45) is 0 Å². The van der Waals surface area contributed by atoms with Gasteiger partial charge in [-0.2, -0.15) is 0 Å². The van der Waals surface area contributed by atoms with Gasteiger partial charge in [-0.15, -0.1) is 0 Å². The maximum atomic E-state index is 13.2. The van der Waals surface area contributed by atoms with Gasteiger partial charge in [-0.1, -0.05) is 71.8 Å². The van der Waals surface area contributed by atoms with E-state index in [2.05, 4.69) is 9.97 Å². The molecular formula is C32H32ClN3O5. The largest absolute Gasteiger partial charge is 0.487 e. The first-order chi connectivity index (χ1) is 19.5. The number of halogens is 1. The van der Waals surface area contributed by atoms with Crippen molar-refractivity contribution in [3.63, 3.8) is 0 Å². The first kappa shape index (κ1) is 29.6. The minimum atomic E-state index is -0.703. The molecule has 0 N–H and O–H groups in total. The van der Waals surface area contributed by atoms with Gasteiger partial charge in [-0.3, -0.25) is 0 Å². The van der Waals surface area contributed by atoms with Crippen LogP contribution in [0.15, 0.2) is 79.1 Å². The first-order valence-corrected chi connectivity index (χ1v) is 13.4. The van der Waals surface area contributed by atoms with Crippen molar-refractivity contribution in [3.05, 3.63) is 106 Å². The van der Waals surface area contributed by atoms with Crippen molar-refractivity contribution < 1.29 is 23.8 Å². The topological polar surface area (TPSA) is 90.9 Å². The van der Waals surface area contributed by atoms with Crippen molar-refractivity contribution in [1.82, 2.24) is 9.97 Å². The Labute approximate surface area is 244 Å². The second kappa shape index (κ2) is 12.8. The monoisotopic (exact) mass is 573 g/mol. The van der Waals surface area contributed by atoms with Gasteiger partial charge < -0.3 is 14.2 Å². The lowest BCUT2D eigenvalue weighted by Crippen LogP contribution is -2.37. The molecule has 4 rings (SSSR count). The van der Waals surface area contributed by atoms with Gasteiger partial charge in [0.2, 0.25) is 5.95 Å². The van der Waals surface area contributed by atoms with E-state index in [1.54, 1.807) is 45.3 Å². The number of methoxy groups -OCH3 is 1. The number of esters is 1. The molecule has 0 unspecified atom stereocenters. The first-order valence-electron chi connectivity index (χ1n) is 13.0. The Hall–Kier alpha value is -4.43. The number of carbonyl (C=O) groups excluding carboxylic acids is 2. The van der Waals surface area contributed by atoms with Crippen LogP contribution in [0.2, 0.25) is 5.02 Å².